The van der Waals surface area contributed by atoms with Crippen LogP contribution in [0.1, 0.15) is 43.9 Å². The second kappa shape index (κ2) is 10.3. The minimum absolute atomic E-state index is 0.0485. The summed E-state index contributed by atoms with van der Waals surface area (Å²) in [6, 6.07) is 5.94. The first kappa shape index (κ1) is 23.9. The van der Waals surface area contributed by atoms with Gasteiger partial charge < -0.3 is 20.5 Å². The van der Waals surface area contributed by atoms with Gasteiger partial charge >= 0.3 is 0 Å². The zero-order valence-corrected chi connectivity index (χ0v) is 19.5. The van der Waals surface area contributed by atoms with Crippen molar-refractivity contribution in [3.05, 3.63) is 53.6 Å². The van der Waals surface area contributed by atoms with Crippen LogP contribution >= 0.6 is 0 Å². The molecule has 2 unspecified atom stereocenters. The SMILES string of the molecule is CCNCCC1(CCO)N=C(c2cnn3ccc(NC(C)c4cc(F)ccc4OC)nc23)NO1. The normalized spacial score (nSPS) is 18.6. The summed E-state index contributed by atoms with van der Waals surface area (Å²) in [7, 11) is 1.55. The first-order valence-corrected chi connectivity index (χ1v) is 11.3. The summed E-state index contributed by atoms with van der Waals surface area (Å²) in [5.74, 6) is 1.34. The molecule has 1 aliphatic heterocycles. The first-order valence-electron chi connectivity index (χ1n) is 11.3. The number of nitrogens with zero attached hydrogens (tertiary/aromatic N) is 4. The number of benzene rings is 1. The van der Waals surface area contributed by atoms with E-state index < -0.39 is 5.72 Å². The van der Waals surface area contributed by atoms with Gasteiger partial charge in [-0.25, -0.2) is 29.2 Å². The number of amidine groups is 1. The molecule has 2 atom stereocenters. The number of rotatable bonds is 11. The van der Waals surface area contributed by atoms with Crippen LogP contribution in [-0.2, 0) is 4.84 Å². The molecule has 0 aliphatic carbocycles. The number of ether oxygens (including phenoxy) is 1. The Balaban J connectivity index is 1.60. The molecule has 0 saturated carbocycles. The molecule has 0 radical (unpaired) electrons. The summed E-state index contributed by atoms with van der Waals surface area (Å²) >= 11 is 0. The maximum atomic E-state index is 13.8. The Kier molecular flexibility index (Phi) is 7.25. The van der Waals surface area contributed by atoms with E-state index in [1.807, 2.05) is 13.8 Å². The monoisotopic (exact) mass is 471 g/mol. The average molecular weight is 472 g/mol. The van der Waals surface area contributed by atoms with Gasteiger partial charge in [-0.15, -0.1) is 0 Å². The van der Waals surface area contributed by atoms with Crippen molar-refractivity contribution in [3.8, 4) is 5.75 Å². The quantitative estimate of drug-likeness (QED) is 0.315. The lowest BCUT2D eigenvalue weighted by atomic mass is 10.1. The van der Waals surface area contributed by atoms with Crippen molar-refractivity contribution < 1.29 is 19.1 Å². The van der Waals surface area contributed by atoms with E-state index in [0.29, 0.717) is 53.6 Å². The summed E-state index contributed by atoms with van der Waals surface area (Å²) in [6.07, 6.45) is 4.41. The highest BCUT2D eigenvalue weighted by Gasteiger charge is 2.37. The molecule has 3 aromatic rings. The highest BCUT2D eigenvalue weighted by molar-refractivity contribution is 6.04. The van der Waals surface area contributed by atoms with Gasteiger partial charge in [0.05, 0.1) is 24.9 Å². The van der Waals surface area contributed by atoms with Gasteiger partial charge in [-0.1, -0.05) is 6.92 Å². The van der Waals surface area contributed by atoms with Crippen molar-refractivity contribution >= 4 is 17.3 Å². The molecule has 4 rings (SSSR count). The Bertz CT molecular complexity index is 1170. The smallest absolute Gasteiger partial charge is 0.190 e. The molecule has 0 amide bonds. The number of aliphatic hydroxyl groups excluding tert-OH is 1. The Hall–Kier alpha value is -3.28. The lowest BCUT2D eigenvalue weighted by Crippen LogP contribution is -2.35. The number of methoxy groups -OCH3 is 1. The number of aliphatic hydroxyl groups is 1. The van der Waals surface area contributed by atoms with E-state index in [4.69, 9.17) is 19.6 Å². The van der Waals surface area contributed by atoms with Crippen molar-refractivity contribution in [2.24, 2.45) is 4.99 Å². The third-order valence-corrected chi connectivity index (χ3v) is 5.74. The van der Waals surface area contributed by atoms with Gasteiger partial charge in [0.1, 0.15) is 17.4 Å². The van der Waals surface area contributed by atoms with E-state index in [1.54, 1.807) is 36.2 Å². The summed E-state index contributed by atoms with van der Waals surface area (Å²) in [6.45, 7) is 5.44. The van der Waals surface area contributed by atoms with E-state index in [1.165, 1.54) is 12.1 Å². The fourth-order valence-electron chi connectivity index (χ4n) is 3.94. The van der Waals surface area contributed by atoms with Gasteiger partial charge in [-0.05, 0) is 44.3 Å². The molecule has 3 heterocycles. The highest BCUT2D eigenvalue weighted by atomic mass is 19.1. The van der Waals surface area contributed by atoms with Crippen molar-refractivity contribution in [2.45, 2.75) is 38.5 Å². The van der Waals surface area contributed by atoms with E-state index >= 15 is 0 Å². The maximum absolute atomic E-state index is 13.8. The van der Waals surface area contributed by atoms with Crippen molar-refractivity contribution in [2.75, 3.05) is 32.1 Å². The molecule has 10 nitrogen and oxygen atoms in total. The molecule has 1 aliphatic rings. The van der Waals surface area contributed by atoms with Gasteiger partial charge in [0.2, 0.25) is 0 Å². The lowest BCUT2D eigenvalue weighted by molar-refractivity contribution is -0.0717. The van der Waals surface area contributed by atoms with Crippen molar-refractivity contribution in [1.82, 2.24) is 25.4 Å². The maximum Gasteiger partial charge on any atom is 0.190 e. The van der Waals surface area contributed by atoms with Crippen LogP contribution in [0.5, 0.6) is 5.75 Å². The molecule has 0 bridgehead atoms. The predicted octanol–water partition coefficient (Wildman–Crippen LogP) is 2.41. The number of halogens is 1. The Morgan fingerprint density at radius 2 is 2.18 bits per heavy atom. The molecular formula is C23H30FN7O3. The van der Waals surface area contributed by atoms with Gasteiger partial charge in [0.25, 0.3) is 0 Å². The molecule has 0 fully saturated rings. The van der Waals surface area contributed by atoms with Crippen LogP contribution in [0.3, 0.4) is 0 Å². The van der Waals surface area contributed by atoms with Crippen LogP contribution in [0.15, 0.2) is 41.7 Å². The molecule has 2 aromatic heterocycles. The Morgan fingerprint density at radius 3 is 2.94 bits per heavy atom. The third kappa shape index (κ3) is 4.96. The highest BCUT2D eigenvalue weighted by Crippen LogP contribution is 2.29. The predicted molar refractivity (Wildman–Crippen MR) is 126 cm³/mol. The van der Waals surface area contributed by atoms with E-state index in [-0.39, 0.29) is 18.5 Å². The van der Waals surface area contributed by atoms with Crippen LogP contribution in [-0.4, -0.2) is 58.1 Å². The Labute approximate surface area is 197 Å². The number of hydrogen-bond acceptors (Lipinski definition) is 9. The molecular weight excluding hydrogens is 441 g/mol. The van der Waals surface area contributed by atoms with Gasteiger partial charge in [0.15, 0.2) is 17.2 Å². The molecule has 11 heteroatoms. The van der Waals surface area contributed by atoms with E-state index in [9.17, 15) is 9.50 Å². The molecule has 0 spiro atoms. The molecule has 182 valence electrons. The number of hydrogen-bond donors (Lipinski definition) is 4. The number of anilines is 1. The summed E-state index contributed by atoms with van der Waals surface area (Å²) in [4.78, 5) is 15.3. The molecule has 0 saturated heterocycles. The van der Waals surface area contributed by atoms with Crippen LogP contribution in [0.2, 0.25) is 0 Å². The van der Waals surface area contributed by atoms with E-state index in [0.717, 1.165) is 6.54 Å². The molecule has 34 heavy (non-hydrogen) atoms. The standard InChI is InChI=1S/C23H30FN7O3/c1-4-25-10-8-23(9-12-32)29-21(30-34-23)18-14-26-31-11-7-20(28-22(18)31)27-15(2)17-13-16(24)5-6-19(17)33-3/h5-7,11,13-15,25,32H,4,8-10,12H2,1-3H3,(H,27,28)(H,29,30). The van der Waals surface area contributed by atoms with Crippen molar-refractivity contribution in [3.63, 3.8) is 0 Å². The van der Waals surface area contributed by atoms with Gasteiger partial charge in [-0.2, -0.15) is 5.10 Å². The summed E-state index contributed by atoms with van der Waals surface area (Å²) in [5.41, 5.74) is 3.96. The number of aromatic nitrogens is 3. The fraction of sp³-hybridized carbons (Fsp3) is 0.435. The van der Waals surface area contributed by atoms with Crippen LogP contribution in [0, 0.1) is 5.82 Å². The van der Waals surface area contributed by atoms with Crippen LogP contribution < -0.4 is 20.9 Å². The van der Waals surface area contributed by atoms with Crippen LogP contribution in [0.4, 0.5) is 10.2 Å². The zero-order chi connectivity index (χ0) is 24.1. The van der Waals surface area contributed by atoms with Gasteiger partial charge in [-0.3, -0.25) is 0 Å². The number of hydroxylamine groups is 1. The first-order chi connectivity index (χ1) is 16.5. The average Bonchev–Trinajstić information content (AvgIpc) is 3.43. The van der Waals surface area contributed by atoms with Gasteiger partial charge in [0, 0.05) is 31.2 Å². The number of fused-ring (bicyclic) bond motifs is 1. The third-order valence-electron chi connectivity index (χ3n) is 5.74. The minimum Gasteiger partial charge on any atom is -0.496 e. The largest absolute Gasteiger partial charge is 0.496 e. The summed E-state index contributed by atoms with van der Waals surface area (Å²) in [5, 5.41) is 20.5. The fourth-order valence-corrected chi connectivity index (χ4v) is 3.94. The topological polar surface area (TPSA) is 117 Å². The van der Waals surface area contributed by atoms with Crippen molar-refractivity contribution in [1.29, 1.82) is 0 Å². The lowest BCUT2D eigenvalue weighted by Gasteiger charge is -2.22. The summed E-state index contributed by atoms with van der Waals surface area (Å²) < 4.78 is 20.8. The number of aliphatic imine (C=N–C) groups is 1. The second-order valence-corrected chi connectivity index (χ2v) is 8.08. The Morgan fingerprint density at radius 1 is 1.32 bits per heavy atom. The molecule has 4 N–H and O–H groups in total. The molecule has 1 aromatic carbocycles. The minimum atomic E-state index is -0.862. The number of nitrogens with one attached hydrogen (secondary N) is 3. The van der Waals surface area contributed by atoms with E-state index in [2.05, 4.69) is 21.2 Å². The zero-order valence-electron chi connectivity index (χ0n) is 19.5. The van der Waals surface area contributed by atoms with Crippen LogP contribution in [0.25, 0.3) is 5.65 Å². The second-order valence-electron chi connectivity index (χ2n) is 8.08.